The summed E-state index contributed by atoms with van der Waals surface area (Å²) < 4.78 is 9.10. The Balaban J connectivity index is 0.894. The summed E-state index contributed by atoms with van der Waals surface area (Å²) in [4.78, 5) is 4.93. The van der Waals surface area contributed by atoms with Crippen LogP contribution in [-0.4, -0.2) is 18.3 Å². The monoisotopic (exact) mass is 996 g/mol. The summed E-state index contributed by atoms with van der Waals surface area (Å²) in [6, 6.07) is 97.5. The molecule has 0 bridgehead atoms. The maximum absolute atomic E-state index is 2.46. The van der Waals surface area contributed by atoms with E-state index >= 15 is 0 Å². The fourth-order valence-electron chi connectivity index (χ4n) is 12.3. The lowest BCUT2D eigenvalue weighted by Gasteiger charge is -2.29. The van der Waals surface area contributed by atoms with Crippen molar-refractivity contribution in [2.75, 3.05) is 9.80 Å². The van der Waals surface area contributed by atoms with Gasteiger partial charge >= 0.3 is 0 Å². The average Bonchev–Trinajstić information content (AvgIpc) is 4.38. The molecule has 0 spiro atoms. The Kier molecular flexibility index (Phi) is 9.84. The van der Waals surface area contributed by atoms with E-state index in [1.54, 1.807) is 0 Å². The average molecular weight is 997 g/mol. The van der Waals surface area contributed by atoms with Crippen LogP contribution < -0.4 is 9.80 Å². The van der Waals surface area contributed by atoms with Gasteiger partial charge in [0.1, 0.15) is 0 Å². The molecule has 78 heavy (non-hydrogen) atoms. The van der Waals surface area contributed by atoms with Gasteiger partial charge in [-0.1, -0.05) is 109 Å². The van der Waals surface area contributed by atoms with Gasteiger partial charge in [0.05, 0.1) is 33.4 Å². The minimum Gasteiger partial charge on any atom is -0.317 e. The number of rotatable bonds is 10. The van der Waals surface area contributed by atoms with E-state index in [1.165, 1.54) is 53.9 Å². The molecule has 0 saturated heterocycles. The van der Waals surface area contributed by atoms with Crippen molar-refractivity contribution in [2.45, 2.75) is 0 Å². The minimum atomic E-state index is 1.09. The number of fused-ring (bicyclic) bond motifs is 4. The molecule has 0 aliphatic carbocycles. The van der Waals surface area contributed by atoms with Crippen molar-refractivity contribution in [1.82, 2.24) is 18.3 Å². The lowest BCUT2D eigenvalue weighted by Crippen LogP contribution is -2.11. The third kappa shape index (κ3) is 6.97. The summed E-state index contributed by atoms with van der Waals surface area (Å²) in [6.45, 7) is 0. The van der Waals surface area contributed by atoms with Crippen LogP contribution in [0, 0.1) is 0 Å². The fraction of sp³-hybridized carbons (Fsp3) is 0. The van der Waals surface area contributed by atoms with Crippen molar-refractivity contribution >= 4 is 110 Å². The van der Waals surface area contributed by atoms with Crippen LogP contribution in [0.25, 0.3) is 98.7 Å². The van der Waals surface area contributed by atoms with Crippen molar-refractivity contribution < 1.29 is 0 Å². The van der Waals surface area contributed by atoms with E-state index in [0.717, 1.165) is 78.9 Å². The molecule has 16 aromatic rings. The van der Waals surface area contributed by atoms with Gasteiger partial charge in [-0.25, -0.2) is 0 Å². The lowest BCUT2D eigenvalue weighted by molar-refractivity contribution is 1.13. The first kappa shape index (κ1) is 43.8. The molecule has 6 nitrogen and oxygen atoms in total. The third-order valence-electron chi connectivity index (χ3n) is 16.0. The minimum absolute atomic E-state index is 1.09. The van der Waals surface area contributed by atoms with Crippen LogP contribution in [0.15, 0.2) is 292 Å². The summed E-state index contributed by atoms with van der Waals surface area (Å²) in [7, 11) is 0. The number of hydrogen-bond donors (Lipinski definition) is 0. The zero-order valence-corrected chi connectivity index (χ0v) is 42.4. The first-order chi connectivity index (χ1) is 38.7. The highest BCUT2D eigenvalue weighted by molar-refractivity contribution is 6.28. The van der Waals surface area contributed by atoms with Crippen molar-refractivity contribution in [3.05, 3.63) is 292 Å². The van der Waals surface area contributed by atoms with Gasteiger partial charge in [-0.15, -0.1) is 0 Å². The third-order valence-corrected chi connectivity index (χ3v) is 16.0. The first-order valence-corrected chi connectivity index (χ1v) is 26.6. The molecule has 0 atom stereocenters. The van der Waals surface area contributed by atoms with Crippen molar-refractivity contribution in [3.63, 3.8) is 0 Å². The molecule has 12 aromatic carbocycles. The second-order valence-corrected chi connectivity index (χ2v) is 20.3. The largest absolute Gasteiger partial charge is 0.317 e. The van der Waals surface area contributed by atoms with Crippen molar-refractivity contribution in [2.24, 2.45) is 0 Å². The highest BCUT2D eigenvalue weighted by Crippen LogP contribution is 2.49. The maximum atomic E-state index is 2.46. The lowest BCUT2D eigenvalue weighted by atomic mass is 9.91. The molecule has 0 N–H and O–H groups in total. The molecule has 0 saturated carbocycles. The predicted molar refractivity (Wildman–Crippen MR) is 327 cm³/mol. The van der Waals surface area contributed by atoms with Crippen LogP contribution in [0.2, 0.25) is 0 Å². The topological polar surface area (TPSA) is 26.2 Å². The number of nitrogens with zero attached hydrogens (tertiary/aromatic N) is 6. The normalized spacial score (nSPS) is 11.8. The smallest absolute Gasteiger partial charge is 0.0540 e. The summed E-state index contributed by atoms with van der Waals surface area (Å²) >= 11 is 0. The Morgan fingerprint density at radius 1 is 0.218 bits per heavy atom. The van der Waals surface area contributed by atoms with Crippen molar-refractivity contribution in [3.8, 4) is 22.7 Å². The Labute approximate surface area is 450 Å². The molecule has 4 heterocycles. The summed E-state index contributed by atoms with van der Waals surface area (Å²) in [6.07, 6.45) is 8.73. The zero-order valence-electron chi connectivity index (χ0n) is 42.4. The van der Waals surface area contributed by atoms with E-state index in [9.17, 15) is 0 Å². The second-order valence-electron chi connectivity index (χ2n) is 20.3. The van der Waals surface area contributed by atoms with Gasteiger partial charge in [-0.05, 0) is 179 Å². The fourth-order valence-corrected chi connectivity index (χ4v) is 12.3. The molecule has 0 aliphatic heterocycles. The SMILES string of the molecule is c1ccc(-n2ccc3cc(N(c4ccc5c(ccn5-c5ccccc5)c4)c4ccc5ccc6c(N(c7ccc8c(ccn8-c8ccccc8)c7)c7ccc8c(ccn8-c8ccccc8)c7)ccc7ccc4c5c76)ccc32)cc1. The summed E-state index contributed by atoms with van der Waals surface area (Å²) in [5, 5.41) is 11.9. The number of hydrogen-bond acceptors (Lipinski definition) is 2. The number of benzene rings is 12. The standard InChI is InChI=1S/C72H48N6/c1-5-13-55(14-6-1)73-41-37-51-45-59(25-33-65(51)73)77(60-26-34-66-52(46-60)38-42-74(66)56-15-7-2-8-16-56)69-31-23-49-22-30-64-70(32-24-50-21-29-63(69)71(49)72(50)64)78(61-27-35-67-53(47-61)39-43-75(67)57-17-9-3-10-18-57)62-28-36-68-54(48-62)40-44-76(68)58-19-11-4-12-20-58/h1-48H. The van der Waals surface area contributed by atoms with Crippen LogP contribution in [0.5, 0.6) is 0 Å². The molecular weight excluding hydrogens is 949 g/mol. The van der Waals surface area contributed by atoms with E-state index < -0.39 is 0 Å². The Morgan fingerprint density at radius 3 is 0.769 bits per heavy atom. The van der Waals surface area contributed by atoms with E-state index in [4.69, 9.17) is 0 Å². The van der Waals surface area contributed by atoms with E-state index in [1.807, 2.05) is 0 Å². The second kappa shape index (κ2) is 17.5. The van der Waals surface area contributed by atoms with Gasteiger partial charge in [0, 0.05) is 103 Å². The Morgan fingerprint density at radius 2 is 0.487 bits per heavy atom. The molecule has 0 amide bonds. The van der Waals surface area contributed by atoms with Crippen LogP contribution in [-0.2, 0) is 0 Å². The molecule has 6 heteroatoms. The highest BCUT2D eigenvalue weighted by Gasteiger charge is 2.24. The molecule has 366 valence electrons. The highest BCUT2D eigenvalue weighted by atomic mass is 15.2. The quantitative estimate of drug-likeness (QED) is 0.128. The van der Waals surface area contributed by atoms with E-state index in [0.29, 0.717) is 0 Å². The van der Waals surface area contributed by atoms with Gasteiger partial charge in [0.2, 0.25) is 0 Å². The van der Waals surface area contributed by atoms with Gasteiger partial charge in [0.25, 0.3) is 0 Å². The van der Waals surface area contributed by atoms with Crippen LogP contribution in [0.4, 0.5) is 34.1 Å². The predicted octanol–water partition coefficient (Wildman–Crippen LogP) is 19.3. The van der Waals surface area contributed by atoms with Gasteiger partial charge < -0.3 is 28.1 Å². The van der Waals surface area contributed by atoms with E-state index in [2.05, 4.69) is 320 Å². The first-order valence-electron chi connectivity index (χ1n) is 26.6. The molecule has 0 aliphatic rings. The van der Waals surface area contributed by atoms with Crippen molar-refractivity contribution in [1.29, 1.82) is 0 Å². The number of para-hydroxylation sites is 4. The molecule has 16 rings (SSSR count). The van der Waals surface area contributed by atoms with Gasteiger partial charge in [-0.2, -0.15) is 0 Å². The van der Waals surface area contributed by atoms with E-state index in [-0.39, 0.29) is 0 Å². The number of anilines is 6. The molecule has 4 aromatic heterocycles. The van der Waals surface area contributed by atoms with Gasteiger partial charge in [0.15, 0.2) is 0 Å². The van der Waals surface area contributed by atoms with Crippen LogP contribution >= 0.6 is 0 Å². The molecule has 0 radical (unpaired) electrons. The Hall–Kier alpha value is -10.6. The van der Waals surface area contributed by atoms with Crippen LogP contribution in [0.1, 0.15) is 0 Å². The number of aromatic nitrogens is 4. The molecular formula is C72H48N6. The van der Waals surface area contributed by atoms with Gasteiger partial charge in [-0.3, -0.25) is 0 Å². The summed E-state index contributed by atoms with van der Waals surface area (Å²) in [5.41, 5.74) is 15.8. The Bertz CT molecular complexity index is 4360. The molecule has 0 unspecified atom stereocenters. The summed E-state index contributed by atoms with van der Waals surface area (Å²) in [5.74, 6) is 0. The zero-order chi connectivity index (χ0) is 51.3. The maximum Gasteiger partial charge on any atom is 0.0540 e. The van der Waals surface area contributed by atoms with Crippen LogP contribution in [0.3, 0.4) is 0 Å². The molecule has 0 fully saturated rings.